The van der Waals surface area contributed by atoms with Crippen molar-refractivity contribution in [1.82, 2.24) is 19.5 Å². The van der Waals surface area contributed by atoms with Crippen molar-refractivity contribution in [3.8, 4) is 17.2 Å². The summed E-state index contributed by atoms with van der Waals surface area (Å²) >= 11 is 0. The first kappa shape index (κ1) is 20.3. The molecule has 5 aromatic carbocycles. The van der Waals surface area contributed by atoms with Gasteiger partial charge in [0.25, 0.3) is 0 Å². The van der Waals surface area contributed by atoms with Gasteiger partial charge < -0.3 is 4.98 Å². The number of aromatic amines is 1. The third-order valence-corrected chi connectivity index (χ3v) is 7.49. The van der Waals surface area contributed by atoms with Gasteiger partial charge in [-0.3, -0.25) is 4.57 Å². The zero-order chi connectivity index (χ0) is 24.5. The monoisotopic (exact) mass is 474 g/mol. The molecule has 37 heavy (non-hydrogen) atoms. The van der Waals surface area contributed by atoms with Crippen molar-refractivity contribution in [3.63, 3.8) is 0 Å². The van der Waals surface area contributed by atoms with Crippen LogP contribution in [0.4, 0.5) is 0 Å². The van der Waals surface area contributed by atoms with Gasteiger partial charge in [0.1, 0.15) is 0 Å². The summed E-state index contributed by atoms with van der Waals surface area (Å²) in [5.74, 6) is 0.678. The fourth-order valence-corrected chi connectivity index (χ4v) is 5.79. The van der Waals surface area contributed by atoms with Gasteiger partial charge >= 0.3 is 0 Å². The Bertz CT molecular complexity index is 2150. The summed E-state index contributed by atoms with van der Waals surface area (Å²) in [6.45, 7) is 2.19. The van der Waals surface area contributed by atoms with Gasteiger partial charge in [-0.05, 0) is 48.2 Å². The zero-order valence-corrected chi connectivity index (χ0v) is 20.2. The number of H-pyrrole nitrogens is 1. The molecule has 0 saturated heterocycles. The van der Waals surface area contributed by atoms with Gasteiger partial charge in [0.15, 0.2) is 0 Å². The minimum Gasteiger partial charge on any atom is -0.361 e. The molecule has 0 atom stereocenters. The van der Waals surface area contributed by atoms with Crippen molar-refractivity contribution >= 4 is 54.4 Å². The smallest absolute Gasteiger partial charge is 0.235 e. The predicted molar refractivity (Wildman–Crippen MR) is 153 cm³/mol. The number of aryl methyl sites for hydroxylation is 1. The van der Waals surface area contributed by atoms with Crippen LogP contribution in [-0.4, -0.2) is 19.5 Å². The number of para-hydroxylation sites is 1. The molecular weight excluding hydrogens is 452 g/mol. The van der Waals surface area contributed by atoms with Gasteiger partial charge in [-0.1, -0.05) is 72.8 Å². The summed E-state index contributed by atoms with van der Waals surface area (Å²) in [5, 5.41) is 7.11. The lowest BCUT2D eigenvalue weighted by Crippen LogP contribution is -2.04. The van der Waals surface area contributed by atoms with Crippen LogP contribution in [0.5, 0.6) is 0 Å². The Hall–Kier alpha value is -4.96. The maximum atomic E-state index is 5.25. The molecule has 0 amide bonds. The summed E-state index contributed by atoms with van der Waals surface area (Å²) in [7, 11) is 0. The number of rotatable bonds is 2. The van der Waals surface area contributed by atoms with Crippen LogP contribution in [0.3, 0.4) is 0 Å². The molecule has 3 heterocycles. The van der Waals surface area contributed by atoms with Gasteiger partial charge in [0.2, 0.25) is 5.95 Å². The number of nitrogens with zero attached hydrogens (tertiary/aromatic N) is 3. The zero-order valence-electron chi connectivity index (χ0n) is 20.2. The molecule has 0 radical (unpaired) electrons. The van der Waals surface area contributed by atoms with E-state index in [1.807, 2.05) is 18.3 Å². The quantitative estimate of drug-likeness (QED) is 0.274. The topological polar surface area (TPSA) is 46.5 Å². The number of nitrogens with one attached hydrogen (secondary N) is 1. The minimum atomic E-state index is 0.678. The van der Waals surface area contributed by atoms with Crippen LogP contribution in [0.1, 0.15) is 5.56 Å². The van der Waals surface area contributed by atoms with E-state index < -0.39 is 0 Å². The second-order valence-electron chi connectivity index (χ2n) is 9.66. The van der Waals surface area contributed by atoms with E-state index in [1.165, 1.54) is 32.5 Å². The summed E-state index contributed by atoms with van der Waals surface area (Å²) in [5.41, 5.74) is 7.54. The van der Waals surface area contributed by atoms with E-state index in [9.17, 15) is 0 Å². The van der Waals surface area contributed by atoms with E-state index >= 15 is 0 Å². The molecule has 4 nitrogen and oxygen atoms in total. The summed E-state index contributed by atoms with van der Waals surface area (Å²) in [6, 6.07) is 36.3. The van der Waals surface area contributed by atoms with Gasteiger partial charge in [0.05, 0.1) is 22.2 Å². The van der Waals surface area contributed by atoms with Gasteiger partial charge in [-0.25, -0.2) is 9.97 Å². The average molecular weight is 475 g/mol. The first-order valence-corrected chi connectivity index (χ1v) is 12.5. The van der Waals surface area contributed by atoms with E-state index in [1.54, 1.807) is 0 Å². The Morgan fingerprint density at radius 2 is 1.41 bits per heavy atom. The Kier molecular flexibility index (Phi) is 4.12. The maximum Gasteiger partial charge on any atom is 0.235 e. The molecule has 0 unspecified atom stereocenters. The third-order valence-electron chi connectivity index (χ3n) is 7.49. The van der Waals surface area contributed by atoms with Crippen molar-refractivity contribution < 1.29 is 0 Å². The third kappa shape index (κ3) is 2.90. The molecule has 0 spiro atoms. The first-order valence-electron chi connectivity index (χ1n) is 12.5. The first-order chi connectivity index (χ1) is 18.3. The van der Waals surface area contributed by atoms with E-state index in [2.05, 4.69) is 107 Å². The molecule has 0 saturated carbocycles. The fourth-order valence-electron chi connectivity index (χ4n) is 5.79. The van der Waals surface area contributed by atoms with E-state index in [-0.39, 0.29) is 0 Å². The number of aromatic nitrogens is 4. The van der Waals surface area contributed by atoms with Crippen molar-refractivity contribution in [3.05, 3.63) is 115 Å². The van der Waals surface area contributed by atoms with E-state index in [0.29, 0.717) is 5.95 Å². The fraction of sp³-hybridized carbons (Fsp3) is 0.0303. The second-order valence-corrected chi connectivity index (χ2v) is 9.66. The minimum absolute atomic E-state index is 0.678. The highest BCUT2D eigenvalue weighted by Crippen LogP contribution is 2.39. The number of benzene rings is 5. The second kappa shape index (κ2) is 7.52. The van der Waals surface area contributed by atoms with Crippen LogP contribution in [0.25, 0.3) is 71.6 Å². The summed E-state index contributed by atoms with van der Waals surface area (Å²) in [6.07, 6.45) is 2.00. The molecular formula is C33H22N4. The maximum absolute atomic E-state index is 5.25. The highest BCUT2D eigenvalue weighted by atomic mass is 15.2. The van der Waals surface area contributed by atoms with Crippen LogP contribution >= 0.6 is 0 Å². The molecule has 1 N–H and O–H groups in total. The number of hydrogen-bond acceptors (Lipinski definition) is 2. The molecule has 0 fully saturated rings. The van der Waals surface area contributed by atoms with Crippen LogP contribution in [-0.2, 0) is 0 Å². The molecule has 0 aliphatic heterocycles. The Labute approximate surface area is 212 Å². The Morgan fingerprint density at radius 3 is 2.27 bits per heavy atom. The lowest BCUT2D eigenvalue weighted by atomic mass is 10.0. The van der Waals surface area contributed by atoms with Gasteiger partial charge in [0, 0.05) is 44.2 Å². The molecule has 0 aliphatic rings. The lowest BCUT2D eigenvalue weighted by Gasteiger charge is -2.13. The summed E-state index contributed by atoms with van der Waals surface area (Å²) < 4.78 is 2.26. The standard InChI is InChI=1S/C33H22N4/c1-20-17-27-26-18-22-15-16-34-29(22)19-30(26)37(32(27)24-12-6-5-11-23(20)24)33-35-28-14-8-7-13-25(28)31(36-33)21-9-3-2-4-10-21/h2-19,34H,1H3. The Morgan fingerprint density at radius 1 is 0.649 bits per heavy atom. The van der Waals surface area contributed by atoms with Crippen molar-refractivity contribution in [1.29, 1.82) is 0 Å². The summed E-state index contributed by atoms with van der Waals surface area (Å²) in [4.78, 5) is 13.8. The van der Waals surface area contributed by atoms with E-state index in [4.69, 9.17) is 9.97 Å². The van der Waals surface area contributed by atoms with Crippen molar-refractivity contribution in [2.45, 2.75) is 6.92 Å². The Balaban J connectivity index is 1.59. The largest absolute Gasteiger partial charge is 0.361 e. The van der Waals surface area contributed by atoms with Gasteiger partial charge in [-0.15, -0.1) is 0 Å². The average Bonchev–Trinajstić information content (AvgIpc) is 3.54. The van der Waals surface area contributed by atoms with Crippen LogP contribution < -0.4 is 0 Å². The van der Waals surface area contributed by atoms with Crippen LogP contribution in [0.2, 0.25) is 0 Å². The molecule has 4 heteroatoms. The van der Waals surface area contributed by atoms with Crippen molar-refractivity contribution in [2.75, 3.05) is 0 Å². The number of hydrogen-bond donors (Lipinski definition) is 1. The molecule has 0 bridgehead atoms. The molecule has 8 aromatic rings. The molecule has 3 aromatic heterocycles. The highest BCUT2D eigenvalue weighted by Gasteiger charge is 2.20. The molecule has 174 valence electrons. The molecule has 0 aliphatic carbocycles. The van der Waals surface area contributed by atoms with Gasteiger partial charge in [-0.2, -0.15) is 0 Å². The number of fused-ring (bicyclic) bond motifs is 7. The SMILES string of the molecule is Cc1cc2c3cc4cc[nH]c4cc3n(-c3nc(-c4ccccc4)c4ccccc4n3)c2c2ccccc12. The molecule has 8 rings (SSSR count). The predicted octanol–water partition coefficient (Wildman–Crippen LogP) is 8.34. The van der Waals surface area contributed by atoms with Crippen LogP contribution in [0.15, 0.2) is 109 Å². The lowest BCUT2D eigenvalue weighted by molar-refractivity contribution is 1.02. The van der Waals surface area contributed by atoms with Crippen molar-refractivity contribution in [2.24, 2.45) is 0 Å². The highest BCUT2D eigenvalue weighted by molar-refractivity contribution is 6.21. The normalized spacial score (nSPS) is 11.9. The van der Waals surface area contributed by atoms with Crippen LogP contribution in [0, 0.1) is 6.92 Å². The van der Waals surface area contributed by atoms with E-state index in [0.717, 1.165) is 38.7 Å².